The Hall–Kier alpha value is 0.430. The van der Waals surface area contributed by atoms with Crippen LogP contribution >= 0.6 is 7.92 Å². The van der Waals surface area contributed by atoms with E-state index in [1.165, 1.54) is 25.7 Å². The summed E-state index contributed by atoms with van der Waals surface area (Å²) in [5.41, 5.74) is 0. The second-order valence-corrected chi connectivity index (χ2v) is 16.4. The van der Waals surface area contributed by atoms with Crippen molar-refractivity contribution in [3.63, 3.8) is 0 Å². The van der Waals surface area contributed by atoms with Gasteiger partial charge in [-0.2, -0.15) is 0 Å². The van der Waals surface area contributed by atoms with Crippen molar-refractivity contribution < 1.29 is 0 Å². The Balaban J connectivity index is 1.24. The van der Waals surface area contributed by atoms with Gasteiger partial charge in [0.1, 0.15) is 0 Å². The molecule has 0 atom stereocenters. The van der Waals surface area contributed by atoms with Crippen LogP contribution in [-0.4, -0.2) is 16.5 Å². The highest BCUT2D eigenvalue weighted by Crippen LogP contribution is 2.78. The molecule has 1 heteroatoms. The maximum atomic E-state index is 2.36. The normalized spacial score (nSPS) is 50.4. The molecule has 8 aliphatic carbocycles. The summed E-state index contributed by atoms with van der Waals surface area (Å²) in [6, 6.07) is 0. The van der Waals surface area contributed by atoms with Gasteiger partial charge in [0, 0.05) is 0 Å². The number of unbranched alkanes of at least 4 members (excludes halogenated alkanes) is 5. The third kappa shape index (κ3) is 3.58. The fourth-order valence-corrected chi connectivity index (χ4v) is 16.2. The first-order valence-electron chi connectivity index (χ1n) is 13.9. The maximum absolute atomic E-state index is 2.36. The second-order valence-electron chi connectivity index (χ2n) is 13.2. The predicted octanol–water partition coefficient (Wildman–Crippen LogP) is 8.77. The second kappa shape index (κ2) is 7.78. The number of hydrogen-bond donors (Lipinski definition) is 0. The van der Waals surface area contributed by atoms with Gasteiger partial charge >= 0.3 is 0 Å². The fourth-order valence-electron chi connectivity index (χ4n) is 10.8. The molecule has 29 heavy (non-hydrogen) atoms. The molecule has 0 saturated heterocycles. The van der Waals surface area contributed by atoms with Gasteiger partial charge in [0.2, 0.25) is 0 Å². The average molecular weight is 415 g/mol. The summed E-state index contributed by atoms with van der Waals surface area (Å²) in [6.07, 6.45) is 30.8. The van der Waals surface area contributed by atoms with E-state index in [4.69, 9.17) is 0 Å². The van der Waals surface area contributed by atoms with Crippen molar-refractivity contribution in [2.75, 3.05) is 6.16 Å². The largest absolute Gasteiger partial charge is 0.0939 e. The molecule has 8 aliphatic rings. The summed E-state index contributed by atoms with van der Waals surface area (Å²) >= 11 is 0. The van der Waals surface area contributed by atoms with Crippen molar-refractivity contribution >= 4 is 7.92 Å². The first-order valence-corrected chi connectivity index (χ1v) is 15.5. The summed E-state index contributed by atoms with van der Waals surface area (Å²) in [5.74, 6) is 6.94. The first kappa shape index (κ1) is 20.1. The lowest BCUT2D eigenvalue weighted by molar-refractivity contribution is 0.0185. The van der Waals surface area contributed by atoms with Crippen LogP contribution < -0.4 is 0 Å². The molecular weight excluding hydrogens is 367 g/mol. The molecule has 0 aromatic heterocycles. The highest BCUT2D eigenvalue weighted by Gasteiger charge is 2.62. The summed E-state index contributed by atoms with van der Waals surface area (Å²) in [4.78, 5) is 0. The van der Waals surface area contributed by atoms with E-state index in [1.807, 2.05) is 0 Å². The standard InChI is InChI=1S/C28H47P/c1-2-3-4-5-6-7-8-29(27-15-21-9-22(16-27)11-23(10-21)17-27)28-18-24-12-25(19-28)14-26(13-24)20-28/h21-26H,2-20H2,1H3. The third-order valence-electron chi connectivity index (χ3n) is 10.9. The van der Waals surface area contributed by atoms with Gasteiger partial charge in [-0.15, -0.1) is 0 Å². The van der Waals surface area contributed by atoms with E-state index in [1.54, 1.807) is 96.1 Å². The molecule has 8 bridgehead atoms. The molecule has 0 radical (unpaired) electrons. The van der Waals surface area contributed by atoms with E-state index in [-0.39, 0.29) is 7.92 Å². The van der Waals surface area contributed by atoms with Crippen molar-refractivity contribution in [1.29, 1.82) is 0 Å². The van der Waals surface area contributed by atoms with Crippen LogP contribution in [-0.2, 0) is 0 Å². The minimum absolute atomic E-state index is 0.267. The van der Waals surface area contributed by atoms with Gasteiger partial charge in [-0.05, 0) is 135 Å². The zero-order chi connectivity index (χ0) is 19.5. The Bertz CT molecular complexity index is 477. The SMILES string of the molecule is CCCCCCCCP(C12CC3CC(CC(C3)C1)C2)C12CC3CC(CC(C3)C1)C2. The summed E-state index contributed by atoms with van der Waals surface area (Å²) in [7, 11) is 0.267. The van der Waals surface area contributed by atoms with E-state index >= 15 is 0 Å². The van der Waals surface area contributed by atoms with E-state index in [2.05, 4.69) is 6.92 Å². The highest BCUT2D eigenvalue weighted by atomic mass is 31.1. The average Bonchev–Trinajstić information content (AvgIpc) is 2.65. The van der Waals surface area contributed by atoms with Crippen LogP contribution in [0.25, 0.3) is 0 Å². The van der Waals surface area contributed by atoms with Gasteiger partial charge in [-0.1, -0.05) is 46.9 Å². The molecular formula is C28H47P. The number of hydrogen-bond acceptors (Lipinski definition) is 0. The minimum Gasteiger partial charge on any atom is -0.0939 e. The molecule has 0 N–H and O–H groups in total. The monoisotopic (exact) mass is 414 g/mol. The van der Waals surface area contributed by atoms with E-state index in [9.17, 15) is 0 Å². The van der Waals surface area contributed by atoms with E-state index in [0.717, 1.165) is 45.8 Å². The molecule has 8 saturated carbocycles. The Morgan fingerprint density at radius 1 is 0.517 bits per heavy atom. The Kier molecular flexibility index (Phi) is 5.38. The van der Waals surface area contributed by atoms with E-state index in [0.29, 0.717) is 0 Å². The lowest BCUT2D eigenvalue weighted by atomic mass is 9.55. The van der Waals surface area contributed by atoms with Crippen LogP contribution in [0.2, 0.25) is 0 Å². The van der Waals surface area contributed by atoms with Crippen molar-refractivity contribution in [3.8, 4) is 0 Å². The van der Waals surface area contributed by atoms with Gasteiger partial charge in [-0.3, -0.25) is 0 Å². The zero-order valence-electron chi connectivity index (χ0n) is 19.3. The maximum Gasteiger partial charge on any atom is -0.00815 e. The smallest absolute Gasteiger partial charge is 0.00815 e. The third-order valence-corrected chi connectivity index (χ3v) is 15.0. The summed E-state index contributed by atoms with van der Waals surface area (Å²) in [5, 5.41) is 1.75. The molecule has 0 aromatic carbocycles. The van der Waals surface area contributed by atoms with Gasteiger partial charge in [0.25, 0.3) is 0 Å². The quantitative estimate of drug-likeness (QED) is 0.261. The van der Waals surface area contributed by atoms with Crippen LogP contribution in [0.4, 0.5) is 0 Å². The van der Waals surface area contributed by atoms with Crippen molar-refractivity contribution in [2.45, 2.75) is 133 Å². The van der Waals surface area contributed by atoms with Crippen LogP contribution in [0.15, 0.2) is 0 Å². The molecule has 0 amide bonds. The van der Waals surface area contributed by atoms with Crippen LogP contribution in [0.3, 0.4) is 0 Å². The van der Waals surface area contributed by atoms with Crippen molar-refractivity contribution in [1.82, 2.24) is 0 Å². The Morgan fingerprint density at radius 3 is 1.24 bits per heavy atom. The molecule has 8 rings (SSSR count). The highest BCUT2D eigenvalue weighted by molar-refractivity contribution is 7.61. The lowest BCUT2D eigenvalue weighted by Crippen LogP contribution is -2.56. The fraction of sp³-hybridized carbons (Fsp3) is 1.00. The van der Waals surface area contributed by atoms with Crippen molar-refractivity contribution in [2.24, 2.45) is 35.5 Å². The summed E-state index contributed by atoms with van der Waals surface area (Å²) < 4.78 is 0. The topological polar surface area (TPSA) is 0 Å². The van der Waals surface area contributed by atoms with Crippen LogP contribution in [0.1, 0.15) is 122 Å². The molecule has 164 valence electrons. The molecule has 0 spiro atoms. The molecule has 0 heterocycles. The Morgan fingerprint density at radius 2 is 0.862 bits per heavy atom. The van der Waals surface area contributed by atoms with Gasteiger partial charge in [0.15, 0.2) is 0 Å². The molecule has 0 aromatic rings. The lowest BCUT2D eigenvalue weighted by Gasteiger charge is -2.67. The number of rotatable bonds is 9. The van der Waals surface area contributed by atoms with Crippen LogP contribution in [0, 0.1) is 35.5 Å². The molecule has 0 aliphatic heterocycles. The summed E-state index contributed by atoms with van der Waals surface area (Å²) in [6.45, 7) is 2.36. The molecule has 0 unspecified atom stereocenters. The zero-order valence-corrected chi connectivity index (χ0v) is 20.2. The van der Waals surface area contributed by atoms with Crippen LogP contribution in [0.5, 0.6) is 0 Å². The van der Waals surface area contributed by atoms with Gasteiger partial charge in [0.05, 0.1) is 0 Å². The first-order chi connectivity index (χ1) is 14.2. The molecule has 0 nitrogen and oxygen atoms in total. The minimum atomic E-state index is 0.267. The van der Waals surface area contributed by atoms with E-state index < -0.39 is 0 Å². The predicted molar refractivity (Wildman–Crippen MR) is 127 cm³/mol. The van der Waals surface area contributed by atoms with Gasteiger partial charge < -0.3 is 0 Å². The van der Waals surface area contributed by atoms with Gasteiger partial charge in [-0.25, -0.2) is 0 Å². The molecule has 8 fully saturated rings. The van der Waals surface area contributed by atoms with Crippen molar-refractivity contribution in [3.05, 3.63) is 0 Å². The Labute approximate surface area is 182 Å².